The Morgan fingerprint density at radius 2 is 2.21 bits per heavy atom. The van der Waals surface area contributed by atoms with Crippen molar-refractivity contribution in [2.45, 2.75) is 39.2 Å². The van der Waals surface area contributed by atoms with Crippen LogP contribution in [0.2, 0.25) is 0 Å². The Kier molecular flexibility index (Phi) is 4.94. The summed E-state index contributed by atoms with van der Waals surface area (Å²) in [6, 6.07) is 5.53. The number of rotatable bonds is 4. The van der Waals surface area contributed by atoms with E-state index in [9.17, 15) is 4.39 Å². The van der Waals surface area contributed by atoms with Crippen molar-refractivity contribution in [3.8, 4) is 0 Å². The molecule has 2 unspecified atom stereocenters. The molecule has 0 aliphatic carbocycles. The molecule has 2 nitrogen and oxygen atoms in total. The number of piperidine rings is 1. The highest BCUT2D eigenvalue weighted by molar-refractivity contribution is 5.30. The second-order valence-corrected chi connectivity index (χ2v) is 5.62. The highest BCUT2D eigenvalue weighted by atomic mass is 19.1. The zero-order valence-corrected chi connectivity index (χ0v) is 12.0. The Bertz CT molecular complexity index is 417. The molecular formula is C16H25FN2. The zero-order valence-electron chi connectivity index (χ0n) is 12.0. The first-order valence-corrected chi connectivity index (χ1v) is 7.37. The number of aryl methyl sites for hydroxylation is 1. The number of nitrogens with zero attached hydrogens (tertiary/aromatic N) is 1. The van der Waals surface area contributed by atoms with E-state index in [0.29, 0.717) is 18.5 Å². The van der Waals surface area contributed by atoms with Gasteiger partial charge in [-0.25, -0.2) is 4.39 Å². The van der Waals surface area contributed by atoms with Gasteiger partial charge in [-0.05, 0) is 75.0 Å². The van der Waals surface area contributed by atoms with Crippen LogP contribution >= 0.6 is 0 Å². The van der Waals surface area contributed by atoms with Gasteiger partial charge in [-0.3, -0.25) is 4.90 Å². The molecule has 1 saturated heterocycles. The molecule has 3 heteroatoms. The van der Waals surface area contributed by atoms with Crippen molar-refractivity contribution in [3.05, 3.63) is 35.1 Å². The number of halogens is 1. The lowest BCUT2D eigenvalue weighted by molar-refractivity contribution is 0.0955. The van der Waals surface area contributed by atoms with E-state index in [4.69, 9.17) is 5.73 Å². The Morgan fingerprint density at radius 3 is 2.84 bits per heavy atom. The maximum absolute atomic E-state index is 13.3. The summed E-state index contributed by atoms with van der Waals surface area (Å²) >= 11 is 0. The molecule has 0 amide bonds. The normalized spacial score (nSPS) is 24.6. The third kappa shape index (κ3) is 3.15. The fourth-order valence-corrected chi connectivity index (χ4v) is 3.36. The number of hydrogen-bond donors (Lipinski definition) is 1. The smallest absolute Gasteiger partial charge is 0.123 e. The monoisotopic (exact) mass is 264 g/mol. The molecule has 1 heterocycles. The van der Waals surface area contributed by atoms with E-state index in [1.807, 2.05) is 13.0 Å². The minimum atomic E-state index is -0.150. The van der Waals surface area contributed by atoms with Crippen molar-refractivity contribution < 1.29 is 4.39 Å². The largest absolute Gasteiger partial charge is 0.330 e. The quantitative estimate of drug-likeness (QED) is 0.904. The first kappa shape index (κ1) is 14.5. The lowest BCUT2D eigenvalue weighted by atomic mass is 9.83. The summed E-state index contributed by atoms with van der Waals surface area (Å²) < 4.78 is 13.3. The first-order valence-electron chi connectivity index (χ1n) is 7.37. The third-order valence-electron chi connectivity index (χ3n) is 4.22. The topological polar surface area (TPSA) is 29.3 Å². The summed E-state index contributed by atoms with van der Waals surface area (Å²) in [6.45, 7) is 7.15. The molecule has 1 fully saturated rings. The van der Waals surface area contributed by atoms with E-state index in [0.717, 1.165) is 25.1 Å². The molecule has 0 aromatic heterocycles. The number of benzene rings is 1. The summed E-state index contributed by atoms with van der Waals surface area (Å²) in [5.74, 6) is 0.341. The van der Waals surface area contributed by atoms with E-state index in [-0.39, 0.29) is 5.82 Å². The molecule has 2 rings (SSSR count). The lowest BCUT2D eigenvalue weighted by Crippen LogP contribution is -2.42. The second-order valence-electron chi connectivity index (χ2n) is 5.62. The Labute approximate surface area is 115 Å². The minimum Gasteiger partial charge on any atom is -0.330 e. The third-order valence-corrected chi connectivity index (χ3v) is 4.22. The van der Waals surface area contributed by atoms with Crippen LogP contribution in [-0.4, -0.2) is 24.5 Å². The average Bonchev–Trinajstić information content (AvgIpc) is 2.39. The Morgan fingerprint density at radius 1 is 1.42 bits per heavy atom. The average molecular weight is 264 g/mol. The number of nitrogens with two attached hydrogens (primary N) is 1. The minimum absolute atomic E-state index is 0.150. The van der Waals surface area contributed by atoms with Gasteiger partial charge in [0.2, 0.25) is 0 Å². The van der Waals surface area contributed by atoms with Crippen LogP contribution in [0, 0.1) is 18.7 Å². The van der Waals surface area contributed by atoms with Crippen LogP contribution in [0.25, 0.3) is 0 Å². The standard InChI is InChI=1S/C16H25FN2/c1-3-8-19-9-4-5-13(11-18)16(19)15-7-6-14(17)10-12(15)2/h6-7,10,13,16H,3-5,8-9,11,18H2,1-2H3. The SMILES string of the molecule is CCCN1CCCC(CN)C1c1ccc(F)cc1C. The summed E-state index contributed by atoms with van der Waals surface area (Å²) in [6.07, 6.45) is 3.55. The van der Waals surface area contributed by atoms with E-state index in [1.54, 1.807) is 12.1 Å². The lowest BCUT2D eigenvalue weighted by Gasteiger charge is -2.42. The van der Waals surface area contributed by atoms with Crippen LogP contribution in [0.3, 0.4) is 0 Å². The van der Waals surface area contributed by atoms with Gasteiger partial charge in [0.25, 0.3) is 0 Å². The molecule has 1 aliphatic rings. The van der Waals surface area contributed by atoms with Crippen molar-refractivity contribution >= 4 is 0 Å². The van der Waals surface area contributed by atoms with Gasteiger partial charge < -0.3 is 5.73 Å². The molecule has 2 atom stereocenters. The number of hydrogen-bond acceptors (Lipinski definition) is 2. The fourth-order valence-electron chi connectivity index (χ4n) is 3.36. The highest BCUT2D eigenvalue weighted by Gasteiger charge is 2.32. The van der Waals surface area contributed by atoms with Gasteiger partial charge in [0, 0.05) is 6.04 Å². The van der Waals surface area contributed by atoms with Crippen LogP contribution in [0.1, 0.15) is 43.4 Å². The first-order chi connectivity index (χ1) is 9.17. The molecule has 0 saturated carbocycles. The molecule has 1 aliphatic heterocycles. The van der Waals surface area contributed by atoms with Gasteiger partial charge in [0.15, 0.2) is 0 Å². The number of likely N-dealkylation sites (tertiary alicyclic amines) is 1. The van der Waals surface area contributed by atoms with Crippen molar-refractivity contribution in [3.63, 3.8) is 0 Å². The van der Waals surface area contributed by atoms with Crippen LogP contribution in [0.5, 0.6) is 0 Å². The van der Waals surface area contributed by atoms with E-state index in [2.05, 4.69) is 11.8 Å². The van der Waals surface area contributed by atoms with E-state index in [1.165, 1.54) is 18.4 Å². The molecule has 1 aromatic carbocycles. The summed E-state index contributed by atoms with van der Waals surface area (Å²) in [5.41, 5.74) is 8.27. The van der Waals surface area contributed by atoms with Crippen molar-refractivity contribution in [2.75, 3.05) is 19.6 Å². The van der Waals surface area contributed by atoms with Crippen LogP contribution in [-0.2, 0) is 0 Å². The molecule has 2 N–H and O–H groups in total. The molecule has 0 spiro atoms. The van der Waals surface area contributed by atoms with Gasteiger partial charge in [0.1, 0.15) is 5.82 Å². The van der Waals surface area contributed by atoms with Gasteiger partial charge in [-0.2, -0.15) is 0 Å². The van der Waals surface area contributed by atoms with E-state index >= 15 is 0 Å². The predicted molar refractivity (Wildman–Crippen MR) is 77.5 cm³/mol. The molecule has 0 bridgehead atoms. The highest BCUT2D eigenvalue weighted by Crippen LogP contribution is 2.37. The maximum Gasteiger partial charge on any atom is 0.123 e. The molecule has 19 heavy (non-hydrogen) atoms. The molecule has 0 radical (unpaired) electrons. The Hall–Kier alpha value is -0.930. The fraction of sp³-hybridized carbons (Fsp3) is 0.625. The zero-order chi connectivity index (χ0) is 13.8. The predicted octanol–water partition coefficient (Wildman–Crippen LogP) is 3.26. The van der Waals surface area contributed by atoms with Crippen LogP contribution in [0.15, 0.2) is 18.2 Å². The summed E-state index contributed by atoms with van der Waals surface area (Å²) in [5, 5.41) is 0. The molecular weight excluding hydrogens is 239 g/mol. The van der Waals surface area contributed by atoms with Crippen molar-refractivity contribution in [1.82, 2.24) is 4.90 Å². The van der Waals surface area contributed by atoms with Crippen LogP contribution < -0.4 is 5.73 Å². The summed E-state index contributed by atoms with van der Waals surface area (Å²) in [7, 11) is 0. The van der Waals surface area contributed by atoms with Crippen LogP contribution in [0.4, 0.5) is 4.39 Å². The Balaban J connectivity index is 2.33. The van der Waals surface area contributed by atoms with Crippen molar-refractivity contribution in [2.24, 2.45) is 11.7 Å². The van der Waals surface area contributed by atoms with Gasteiger partial charge >= 0.3 is 0 Å². The van der Waals surface area contributed by atoms with Gasteiger partial charge in [-0.1, -0.05) is 13.0 Å². The maximum atomic E-state index is 13.3. The molecule has 1 aromatic rings. The summed E-state index contributed by atoms with van der Waals surface area (Å²) in [4.78, 5) is 2.53. The van der Waals surface area contributed by atoms with E-state index < -0.39 is 0 Å². The second kappa shape index (κ2) is 6.49. The molecule has 106 valence electrons. The van der Waals surface area contributed by atoms with Crippen molar-refractivity contribution in [1.29, 1.82) is 0 Å². The van der Waals surface area contributed by atoms with Gasteiger partial charge in [0.05, 0.1) is 0 Å². The van der Waals surface area contributed by atoms with Gasteiger partial charge in [-0.15, -0.1) is 0 Å².